The van der Waals surface area contributed by atoms with E-state index < -0.39 is 0 Å². The van der Waals surface area contributed by atoms with Crippen LogP contribution in [0.5, 0.6) is 17.2 Å². The second kappa shape index (κ2) is 4.90. The first-order chi connectivity index (χ1) is 7.26. The van der Waals surface area contributed by atoms with Crippen molar-refractivity contribution in [3.05, 3.63) is 24.4 Å². The highest BCUT2D eigenvalue weighted by molar-refractivity contribution is 5.87. The number of aromatic nitrogens is 1. The summed E-state index contributed by atoms with van der Waals surface area (Å²) < 4.78 is 10.3. The average molecular weight is 242 g/mol. The molecule has 2 rings (SSSR count). The Hall–Kier alpha value is -1.68. The Kier molecular flexibility index (Phi) is 3.79. The number of nitrogens with zero attached hydrogens (tertiary/aromatic N) is 1. The molecule has 86 valence electrons. The molecule has 0 aliphatic carbocycles. The van der Waals surface area contributed by atoms with Crippen molar-refractivity contribution in [1.82, 2.24) is 4.98 Å². The zero-order chi connectivity index (χ0) is 10.8. The van der Waals surface area contributed by atoms with E-state index in [4.69, 9.17) is 9.47 Å². The fourth-order valence-electron chi connectivity index (χ4n) is 1.46. The van der Waals surface area contributed by atoms with Crippen LogP contribution in [0.1, 0.15) is 0 Å². The number of fused-ring (bicyclic) bond motifs is 1. The van der Waals surface area contributed by atoms with Crippen molar-refractivity contribution >= 4 is 23.3 Å². The summed E-state index contributed by atoms with van der Waals surface area (Å²) in [6.07, 6.45) is 1.55. The lowest BCUT2D eigenvalue weighted by molar-refractivity contribution is 0.355. The molecule has 0 unspecified atom stereocenters. The molecule has 1 heterocycles. The minimum Gasteiger partial charge on any atom is -0.507 e. The van der Waals surface area contributed by atoms with Crippen LogP contribution < -0.4 is 9.47 Å². The predicted molar refractivity (Wildman–Crippen MR) is 63.8 cm³/mol. The number of hydrogen-bond acceptors (Lipinski definition) is 4. The van der Waals surface area contributed by atoms with E-state index in [-0.39, 0.29) is 18.2 Å². The number of hydrogen-bond donors (Lipinski definition) is 1. The number of benzene rings is 1. The van der Waals surface area contributed by atoms with Crippen LogP contribution in [0.4, 0.5) is 0 Å². The van der Waals surface area contributed by atoms with Gasteiger partial charge >= 0.3 is 0 Å². The predicted octanol–water partition coefficient (Wildman–Crippen LogP) is 2.38. The van der Waals surface area contributed by atoms with Gasteiger partial charge in [-0.2, -0.15) is 0 Å². The molecule has 0 radical (unpaired) electrons. The standard InChI is InChI=1S/C11H11NO3.ClH/c1-14-10-5-7-8(6-11(10)15-2)12-4-3-9(7)13;/h3-6H,1-2H3,(H,12,13);1H. The number of pyridine rings is 1. The summed E-state index contributed by atoms with van der Waals surface area (Å²) >= 11 is 0. The maximum absolute atomic E-state index is 9.62. The van der Waals surface area contributed by atoms with E-state index in [1.165, 1.54) is 6.07 Å². The van der Waals surface area contributed by atoms with Gasteiger partial charge in [0.1, 0.15) is 5.75 Å². The normalized spacial score (nSPS) is 9.62. The second-order valence-corrected chi connectivity index (χ2v) is 3.05. The Morgan fingerprint density at radius 2 is 1.75 bits per heavy atom. The molecule has 0 fully saturated rings. The topological polar surface area (TPSA) is 51.6 Å². The van der Waals surface area contributed by atoms with Crippen molar-refractivity contribution in [1.29, 1.82) is 0 Å². The van der Waals surface area contributed by atoms with Gasteiger partial charge in [-0.15, -0.1) is 12.4 Å². The van der Waals surface area contributed by atoms with E-state index in [9.17, 15) is 5.11 Å². The highest BCUT2D eigenvalue weighted by Crippen LogP contribution is 2.34. The van der Waals surface area contributed by atoms with Crippen molar-refractivity contribution in [2.24, 2.45) is 0 Å². The molecule has 0 bridgehead atoms. The first-order valence-corrected chi connectivity index (χ1v) is 4.46. The van der Waals surface area contributed by atoms with Gasteiger partial charge in [0.15, 0.2) is 11.5 Å². The third-order valence-electron chi connectivity index (χ3n) is 2.22. The Morgan fingerprint density at radius 1 is 1.12 bits per heavy atom. The van der Waals surface area contributed by atoms with Gasteiger partial charge < -0.3 is 14.6 Å². The fourth-order valence-corrected chi connectivity index (χ4v) is 1.46. The first-order valence-electron chi connectivity index (χ1n) is 4.46. The quantitative estimate of drug-likeness (QED) is 0.877. The van der Waals surface area contributed by atoms with Crippen LogP contribution in [-0.2, 0) is 0 Å². The van der Waals surface area contributed by atoms with E-state index >= 15 is 0 Å². The lowest BCUT2D eigenvalue weighted by atomic mass is 10.2. The largest absolute Gasteiger partial charge is 0.507 e. The maximum Gasteiger partial charge on any atom is 0.162 e. The van der Waals surface area contributed by atoms with Gasteiger partial charge in [-0.25, -0.2) is 0 Å². The maximum atomic E-state index is 9.62. The van der Waals surface area contributed by atoms with E-state index in [1.807, 2.05) is 0 Å². The van der Waals surface area contributed by atoms with Crippen LogP contribution in [0.25, 0.3) is 10.9 Å². The van der Waals surface area contributed by atoms with E-state index in [0.717, 1.165) is 0 Å². The molecule has 0 amide bonds. The average Bonchev–Trinajstić information content (AvgIpc) is 2.28. The number of rotatable bonds is 2. The van der Waals surface area contributed by atoms with Crippen LogP contribution >= 0.6 is 12.4 Å². The molecule has 4 nitrogen and oxygen atoms in total. The van der Waals surface area contributed by atoms with Crippen molar-refractivity contribution < 1.29 is 14.6 Å². The third-order valence-corrected chi connectivity index (χ3v) is 2.22. The highest BCUT2D eigenvalue weighted by atomic mass is 35.5. The van der Waals surface area contributed by atoms with Crippen LogP contribution in [0.15, 0.2) is 24.4 Å². The molecule has 0 atom stereocenters. The molecule has 0 saturated heterocycles. The minimum absolute atomic E-state index is 0. The molecule has 1 aromatic carbocycles. The van der Waals surface area contributed by atoms with Crippen LogP contribution in [0.3, 0.4) is 0 Å². The molecule has 0 aliphatic heterocycles. The van der Waals surface area contributed by atoms with Crippen molar-refractivity contribution in [3.8, 4) is 17.2 Å². The van der Waals surface area contributed by atoms with Gasteiger partial charge in [-0.3, -0.25) is 4.98 Å². The fraction of sp³-hybridized carbons (Fsp3) is 0.182. The molecule has 0 spiro atoms. The van der Waals surface area contributed by atoms with Crippen molar-refractivity contribution in [2.75, 3.05) is 14.2 Å². The molecule has 1 aromatic heterocycles. The second-order valence-electron chi connectivity index (χ2n) is 3.05. The molecule has 0 saturated carbocycles. The molecule has 16 heavy (non-hydrogen) atoms. The van der Waals surface area contributed by atoms with Crippen molar-refractivity contribution in [3.63, 3.8) is 0 Å². The van der Waals surface area contributed by atoms with Gasteiger partial charge in [0.2, 0.25) is 0 Å². The highest BCUT2D eigenvalue weighted by Gasteiger charge is 2.08. The Labute approximate surface area is 99.2 Å². The van der Waals surface area contributed by atoms with Gasteiger partial charge in [0, 0.05) is 17.6 Å². The zero-order valence-corrected chi connectivity index (χ0v) is 9.75. The van der Waals surface area contributed by atoms with Gasteiger partial charge in [0.25, 0.3) is 0 Å². The molecular formula is C11H12ClNO3. The summed E-state index contributed by atoms with van der Waals surface area (Å²) in [5.41, 5.74) is 0.674. The number of halogens is 1. The van der Waals surface area contributed by atoms with Gasteiger partial charge in [0.05, 0.1) is 19.7 Å². The molecule has 2 aromatic rings. The monoisotopic (exact) mass is 241 g/mol. The lowest BCUT2D eigenvalue weighted by Crippen LogP contribution is -1.91. The summed E-state index contributed by atoms with van der Waals surface area (Å²) in [5, 5.41) is 10.3. The summed E-state index contributed by atoms with van der Waals surface area (Å²) in [6.45, 7) is 0. The Bertz CT molecular complexity index is 502. The number of ether oxygens (including phenoxy) is 2. The SMILES string of the molecule is COc1cc2nccc(O)c2cc1OC.Cl. The summed E-state index contributed by atoms with van der Waals surface area (Å²) in [6, 6.07) is 4.97. The van der Waals surface area contributed by atoms with Crippen LogP contribution in [-0.4, -0.2) is 24.3 Å². The molecular weight excluding hydrogens is 230 g/mol. The van der Waals surface area contributed by atoms with Gasteiger partial charge in [-0.1, -0.05) is 0 Å². The van der Waals surface area contributed by atoms with Crippen molar-refractivity contribution in [2.45, 2.75) is 0 Å². The molecule has 0 aliphatic rings. The van der Waals surface area contributed by atoms with E-state index in [1.54, 1.807) is 32.5 Å². The lowest BCUT2D eigenvalue weighted by Gasteiger charge is -2.09. The van der Waals surface area contributed by atoms with E-state index in [2.05, 4.69) is 4.98 Å². The Morgan fingerprint density at radius 3 is 2.38 bits per heavy atom. The third kappa shape index (κ3) is 1.97. The molecule has 1 N–H and O–H groups in total. The summed E-state index contributed by atoms with van der Waals surface area (Å²) in [4.78, 5) is 4.13. The van der Waals surface area contributed by atoms with Crippen LogP contribution in [0, 0.1) is 0 Å². The molecule has 5 heteroatoms. The van der Waals surface area contributed by atoms with Gasteiger partial charge in [-0.05, 0) is 12.1 Å². The smallest absolute Gasteiger partial charge is 0.162 e. The first kappa shape index (κ1) is 12.4. The summed E-state index contributed by atoms with van der Waals surface area (Å²) in [7, 11) is 3.11. The minimum atomic E-state index is 0. The van der Waals surface area contributed by atoms with Crippen LogP contribution in [0.2, 0.25) is 0 Å². The zero-order valence-electron chi connectivity index (χ0n) is 8.93. The summed E-state index contributed by atoms with van der Waals surface area (Å²) in [5.74, 6) is 1.36. The Balaban J connectivity index is 0.00000128. The van der Waals surface area contributed by atoms with E-state index in [0.29, 0.717) is 22.4 Å². The number of aromatic hydroxyl groups is 1. The number of methoxy groups -OCH3 is 2.